The van der Waals surface area contributed by atoms with Crippen LogP contribution in [0.1, 0.15) is 12.5 Å². The lowest BCUT2D eigenvalue weighted by atomic mass is 10.2. The minimum Gasteiger partial charge on any atom is -0.480 e. The number of rotatable bonds is 6. The van der Waals surface area contributed by atoms with Crippen molar-refractivity contribution in [2.24, 2.45) is 0 Å². The number of carbonyl (C=O) groups excluding carboxylic acids is 1. The lowest BCUT2D eigenvalue weighted by Crippen LogP contribution is -2.45. The second kappa shape index (κ2) is 7.79. The Labute approximate surface area is 123 Å². The molecule has 0 spiro atoms. The second-order valence-corrected chi connectivity index (χ2v) is 5.76. The van der Waals surface area contributed by atoms with Gasteiger partial charge in [0.15, 0.2) is 0 Å². The average Bonchev–Trinajstić information content (AvgIpc) is 2.40. The zero-order valence-corrected chi connectivity index (χ0v) is 12.7. The number of aryl methyl sites for hydroxylation is 1. The molecule has 1 rings (SSSR count). The fourth-order valence-electron chi connectivity index (χ4n) is 1.39. The minimum atomic E-state index is -1.04. The maximum Gasteiger partial charge on any atom is 0.325 e. The van der Waals surface area contributed by atoms with Crippen LogP contribution in [0.2, 0.25) is 0 Å². The van der Waals surface area contributed by atoms with Gasteiger partial charge in [-0.3, -0.25) is 4.79 Å². The molecule has 0 saturated carbocycles. The molecule has 0 aromatic heterocycles. The van der Waals surface area contributed by atoms with E-state index in [1.54, 1.807) is 18.8 Å². The van der Waals surface area contributed by atoms with Crippen LogP contribution in [0.15, 0.2) is 29.2 Å². The highest BCUT2D eigenvalue weighted by molar-refractivity contribution is 7.99. The van der Waals surface area contributed by atoms with E-state index in [1.807, 2.05) is 31.2 Å². The van der Waals surface area contributed by atoms with Gasteiger partial charge in [-0.25, -0.2) is 4.79 Å². The normalized spacial score (nSPS) is 11.8. The van der Waals surface area contributed by atoms with Gasteiger partial charge in [0.05, 0.1) is 0 Å². The van der Waals surface area contributed by atoms with Crippen LogP contribution in [0.25, 0.3) is 0 Å². The van der Waals surface area contributed by atoms with E-state index in [1.165, 1.54) is 17.4 Å². The Hall–Kier alpha value is -1.69. The zero-order chi connectivity index (χ0) is 15.1. The average molecular weight is 296 g/mol. The van der Waals surface area contributed by atoms with E-state index in [4.69, 9.17) is 5.11 Å². The number of benzene rings is 1. The van der Waals surface area contributed by atoms with Crippen molar-refractivity contribution in [1.82, 2.24) is 10.2 Å². The monoisotopic (exact) mass is 296 g/mol. The molecule has 110 valence electrons. The van der Waals surface area contributed by atoms with Crippen molar-refractivity contribution >= 4 is 23.8 Å². The molecule has 0 aliphatic heterocycles. The second-order valence-electron chi connectivity index (χ2n) is 4.59. The maximum atomic E-state index is 11.7. The summed E-state index contributed by atoms with van der Waals surface area (Å²) in [6.45, 7) is 4.03. The fraction of sp³-hybridized carbons (Fsp3) is 0.429. The number of thioether (sulfide) groups is 1. The SMILES string of the molecule is Cc1ccc(SCCN(C)C(=O)N[C@@H](C)C(=O)O)cc1. The van der Waals surface area contributed by atoms with Crippen molar-refractivity contribution in [1.29, 1.82) is 0 Å². The summed E-state index contributed by atoms with van der Waals surface area (Å²) in [5, 5.41) is 11.1. The molecule has 6 heteroatoms. The Morgan fingerprint density at radius 3 is 2.50 bits per heavy atom. The molecule has 2 amide bonds. The van der Waals surface area contributed by atoms with Crippen LogP contribution in [-0.4, -0.2) is 47.4 Å². The Morgan fingerprint density at radius 2 is 1.95 bits per heavy atom. The lowest BCUT2D eigenvalue weighted by molar-refractivity contribution is -0.138. The predicted octanol–water partition coefficient (Wildman–Crippen LogP) is 2.20. The number of hydrogen-bond donors (Lipinski definition) is 2. The van der Waals surface area contributed by atoms with Crippen molar-refractivity contribution in [2.75, 3.05) is 19.3 Å². The van der Waals surface area contributed by atoms with E-state index >= 15 is 0 Å². The first-order valence-corrected chi connectivity index (χ1v) is 7.32. The Kier molecular flexibility index (Phi) is 6.38. The van der Waals surface area contributed by atoms with Crippen molar-refractivity contribution < 1.29 is 14.7 Å². The highest BCUT2D eigenvalue weighted by Crippen LogP contribution is 2.17. The summed E-state index contributed by atoms with van der Waals surface area (Å²) in [7, 11) is 1.65. The number of carboxylic acid groups (broad SMARTS) is 1. The van der Waals surface area contributed by atoms with Crippen LogP contribution in [-0.2, 0) is 4.79 Å². The topological polar surface area (TPSA) is 69.6 Å². The molecular weight excluding hydrogens is 276 g/mol. The molecule has 0 saturated heterocycles. The number of carbonyl (C=O) groups is 2. The summed E-state index contributed by atoms with van der Waals surface area (Å²) in [5.74, 6) is -0.283. The summed E-state index contributed by atoms with van der Waals surface area (Å²) >= 11 is 1.66. The molecule has 0 radical (unpaired) electrons. The number of amides is 2. The number of aliphatic carboxylic acids is 1. The van der Waals surface area contributed by atoms with E-state index in [-0.39, 0.29) is 6.03 Å². The first-order chi connectivity index (χ1) is 9.40. The number of nitrogens with zero attached hydrogens (tertiary/aromatic N) is 1. The predicted molar refractivity (Wildman–Crippen MR) is 80.2 cm³/mol. The quantitative estimate of drug-likeness (QED) is 0.790. The summed E-state index contributed by atoms with van der Waals surface area (Å²) in [4.78, 5) is 25.0. The summed E-state index contributed by atoms with van der Waals surface area (Å²) < 4.78 is 0. The summed E-state index contributed by atoms with van der Waals surface area (Å²) in [6, 6.07) is 6.94. The lowest BCUT2D eigenvalue weighted by Gasteiger charge is -2.19. The van der Waals surface area contributed by atoms with Crippen molar-refractivity contribution in [3.05, 3.63) is 29.8 Å². The van der Waals surface area contributed by atoms with Crippen LogP contribution in [0.3, 0.4) is 0 Å². The van der Waals surface area contributed by atoms with Gasteiger partial charge in [0, 0.05) is 24.2 Å². The standard InChI is InChI=1S/C14H20N2O3S/c1-10-4-6-12(7-5-10)20-9-8-16(3)14(19)15-11(2)13(17)18/h4-7,11H,8-9H2,1-3H3,(H,15,19)(H,17,18)/t11-/m0/s1. The Bertz CT molecular complexity index is 462. The molecule has 0 aliphatic carbocycles. The third-order valence-electron chi connectivity index (χ3n) is 2.77. The van der Waals surface area contributed by atoms with Gasteiger partial charge in [-0.1, -0.05) is 17.7 Å². The molecule has 5 nitrogen and oxygen atoms in total. The van der Waals surface area contributed by atoms with Gasteiger partial charge in [-0.2, -0.15) is 0 Å². The number of urea groups is 1. The van der Waals surface area contributed by atoms with E-state index in [0.29, 0.717) is 6.54 Å². The van der Waals surface area contributed by atoms with Crippen LogP contribution >= 0.6 is 11.8 Å². The first kappa shape index (κ1) is 16.4. The van der Waals surface area contributed by atoms with Gasteiger partial charge in [0.2, 0.25) is 0 Å². The third kappa shape index (κ3) is 5.52. The van der Waals surface area contributed by atoms with E-state index < -0.39 is 12.0 Å². The van der Waals surface area contributed by atoms with Gasteiger partial charge in [0.1, 0.15) is 6.04 Å². The van der Waals surface area contributed by atoms with Crippen LogP contribution in [0.5, 0.6) is 0 Å². The van der Waals surface area contributed by atoms with Gasteiger partial charge in [0.25, 0.3) is 0 Å². The highest BCUT2D eigenvalue weighted by Gasteiger charge is 2.16. The zero-order valence-electron chi connectivity index (χ0n) is 11.9. The maximum absolute atomic E-state index is 11.7. The van der Waals surface area contributed by atoms with Crippen LogP contribution in [0.4, 0.5) is 4.79 Å². The summed E-state index contributed by atoms with van der Waals surface area (Å²) in [5.41, 5.74) is 1.22. The molecule has 0 unspecified atom stereocenters. The van der Waals surface area contributed by atoms with Crippen molar-refractivity contribution in [3.63, 3.8) is 0 Å². The molecule has 1 aromatic carbocycles. The Balaban J connectivity index is 2.32. The van der Waals surface area contributed by atoms with Gasteiger partial charge >= 0.3 is 12.0 Å². The molecule has 0 aliphatic rings. The van der Waals surface area contributed by atoms with E-state index in [9.17, 15) is 9.59 Å². The molecule has 0 heterocycles. The third-order valence-corrected chi connectivity index (χ3v) is 3.77. The molecule has 1 aromatic rings. The smallest absolute Gasteiger partial charge is 0.325 e. The molecule has 20 heavy (non-hydrogen) atoms. The molecule has 0 fully saturated rings. The number of hydrogen-bond acceptors (Lipinski definition) is 3. The first-order valence-electron chi connectivity index (χ1n) is 6.34. The number of carboxylic acids is 1. The van der Waals surface area contributed by atoms with Crippen LogP contribution in [0, 0.1) is 6.92 Å². The van der Waals surface area contributed by atoms with Crippen molar-refractivity contribution in [3.8, 4) is 0 Å². The van der Waals surface area contributed by atoms with Gasteiger partial charge in [-0.05, 0) is 26.0 Å². The molecule has 0 bridgehead atoms. The molecule has 1 atom stereocenters. The van der Waals surface area contributed by atoms with E-state index in [2.05, 4.69) is 5.32 Å². The fourth-order valence-corrected chi connectivity index (χ4v) is 2.32. The minimum absolute atomic E-state index is 0.371. The Morgan fingerprint density at radius 1 is 1.35 bits per heavy atom. The number of nitrogens with one attached hydrogen (secondary N) is 1. The molecule has 2 N–H and O–H groups in total. The van der Waals surface area contributed by atoms with Gasteiger partial charge in [-0.15, -0.1) is 11.8 Å². The largest absolute Gasteiger partial charge is 0.480 e. The van der Waals surface area contributed by atoms with Crippen molar-refractivity contribution in [2.45, 2.75) is 24.8 Å². The summed E-state index contributed by atoms with van der Waals surface area (Å²) in [6.07, 6.45) is 0. The van der Waals surface area contributed by atoms with Crippen LogP contribution < -0.4 is 5.32 Å². The van der Waals surface area contributed by atoms with E-state index in [0.717, 1.165) is 10.6 Å². The van der Waals surface area contributed by atoms with Gasteiger partial charge < -0.3 is 15.3 Å². The highest BCUT2D eigenvalue weighted by atomic mass is 32.2. The molecular formula is C14H20N2O3S.